The van der Waals surface area contributed by atoms with Gasteiger partial charge in [-0.2, -0.15) is 5.10 Å². The number of hydrogen-bond donors (Lipinski definition) is 1. The van der Waals surface area contributed by atoms with Crippen molar-refractivity contribution in [2.24, 2.45) is 7.05 Å². The molecule has 0 bridgehead atoms. The smallest absolute Gasteiger partial charge is 0.131 e. The molecule has 1 aromatic rings. The summed E-state index contributed by atoms with van der Waals surface area (Å²) in [5.41, 5.74) is 2.55. The summed E-state index contributed by atoms with van der Waals surface area (Å²) in [5, 5.41) is 8.10. The summed E-state index contributed by atoms with van der Waals surface area (Å²) in [6.07, 6.45) is 1.15. The predicted octanol–water partition coefficient (Wildman–Crippen LogP) is 2.46. The molecule has 0 aliphatic carbocycles. The van der Waals surface area contributed by atoms with Gasteiger partial charge in [-0.1, -0.05) is 6.92 Å². The first-order valence-electron chi connectivity index (χ1n) is 6.75. The SMILES string of the molecule is CCCN(C)c1c(CNC(C)(C)C)c(C)nn1C. The van der Waals surface area contributed by atoms with Gasteiger partial charge in [0.2, 0.25) is 0 Å². The summed E-state index contributed by atoms with van der Waals surface area (Å²) >= 11 is 0. The number of rotatable bonds is 5. The second-order valence-corrected chi connectivity index (χ2v) is 6.04. The van der Waals surface area contributed by atoms with Gasteiger partial charge in [0.15, 0.2) is 0 Å². The lowest BCUT2D eigenvalue weighted by atomic mass is 10.1. The van der Waals surface area contributed by atoms with Crippen molar-refractivity contribution in [2.45, 2.75) is 53.1 Å². The van der Waals surface area contributed by atoms with Crippen molar-refractivity contribution >= 4 is 5.82 Å². The number of hydrogen-bond acceptors (Lipinski definition) is 3. The lowest BCUT2D eigenvalue weighted by Gasteiger charge is -2.24. The van der Waals surface area contributed by atoms with Gasteiger partial charge in [0.1, 0.15) is 5.82 Å². The van der Waals surface area contributed by atoms with Gasteiger partial charge in [-0.25, -0.2) is 0 Å². The molecule has 0 atom stereocenters. The Morgan fingerprint density at radius 2 is 1.94 bits per heavy atom. The number of nitrogens with zero attached hydrogens (tertiary/aromatic N) is 3. The van der Waals surface area contributed by atoms with Crippen LogP contribution in [-0.2, 0) is 13.6 Å². The molecule has 0 radical (unpaired) electrons. The van der Waals surface area contributed by atoms with E-state index in [0.29, 0.717) is 0 Å². The second-order valence-electron chi connectivity index (χ2n) is 6.04. The Labute approximate surface area is 111 Å². The van der Waals surface area contributed by atoms with Crippen molar-refractivity contribution < 1.29 is 0 Å². The van der Waals surface area contributed by atoms with Gasteiger partial charge in [0, 0.05) is 38.3 Å². The van der Waals surface area contributed by atoms with Gasteiger partial charge in [0.05, 0.1) is 5.69 Å². The zero-order valence-electron chi connectivity index (χ0n) is 13.0. The highest BCUT2D eigenvalue weighted by atomic mass is 15.4. The molecule has 0 fully saturated rings. The van der Waals surface area contributed by atoms with Crippen LogP contribution in [0.2, 0.25) is 0 Å². The van der Waals surface area contributed by atoms with Gasteiger partial charge in [-0.15, -0.1) is 0 Å². The molecule has 4 nitrogen and oxygen atoms in total. The maximum atomic E-state index is 4.55. The average Bonchev–Trinajstić information content (AvgIpc) is 2.49. The van der Waals surface area contributed by atoms with Crippen molar-refractivity contribution in [3.05, 3.63) is 11.3 Å². The van der Waals surface area contributed by atoms with E-state index in [-0.39, 0.29) is 5.54 Å². The summed E-state index contributed by atoms with van der Waals surface area (Å²) in [4.78, 5) is 2.29. The van der Waals surface area contributed by atoms with Crippen molar-refractivity contribution in [1.82, 2.24) is 15.1 Å². The minimum atomic E-state index is 0.128. The lowest BCUT2D eigenvalue weighted by Crippen LogP contribution is -2.35. The van der Waals surface area contributed by atoms with Gasteiger partial charge >= 0.3 is 0 Å². The van der Waals surface area contributed by atoms with Crippen LogP contribution in [0.3, 0.4) is 0 Å². The van der Waals surface area contributed by atoms with Gasteiger partial charge in [0.25, 0.3) is 0 Å². The maximum absolute atomic E-state index is 4.55. The molecule has 0 saturated heterocycles. The van der Waals surface area contributed by atoms with Crippen LogP contribution >= 0.6 is 0 Å². The highest BCUT2D eigenvalue weighted by Gasteiger charge is 2.18. The lowest BCUT2D eigenvalue weighted by molar-refractivity contribution is 0.424. The van der Waals surface area contributed by atoms with Crippen LogP contribution < -0.4 is 10.2 Å². The highest BCUT2D eigenvalue weighted by molar-refractivity contribution is 5.49. The molecule has 1 heterocycles. The number of aromatic nitrogens is 2. The molecular weight excluding hydrogens is 224 g/mol. The van der Waals surface area contributed by atoms with E-state index >= 15 is 0 Å². The van der Waals surface area contributed by atoms with Gasteiger partial charge < -0.3 is 10.2 Å². The fourth-order valence-electron chi connectivity index (χ4n) is 2.17. The third-order valence-electron chi connectivity index (χ3n) is 3.03. The molecule has 0 amide bonds. The Morgan fingerprint density at radius 1 is 1.33 bits per heavy atom. The zero-order chi connectivity index (χ0) is 13.9. The van der Waals surface area contributed by atoms with Crippen molar-refractivity contribution in [2.75, 3.05) is 18.5 Å². The van der Waals surface area contributed by atoms with Gasteiger partial charge in [-0.05, 0) is 34.1 Å². The summed E-state index contributed by atoms with van der Waals surface area (Å²) in [5.74, 6) is 1.23. The normalized spacial score (nSPS) is 11.9. The monoisotopic (exact) mass is 252 g/mol. The van der Waals surface area contributed by atoms with Gasteiger partial charge in [-0.3, -0.25) is 4.68 Å². The quantitative estimate of drug-likeness (QED) is 0.874. The average molecular weight is 252 g/mol. The first-order chi connectivity index (χ1) is 8.26. The molecule has 0 aliphatic heterocycles. The molecule has 0 spiro atoms. The number of nitrogens with one attached hydrogen (secondary N) is 1. The Kier molecular flexibility index (Phi) is 4.79. The van der Waals surface area contributed by atoms with Crippen LogP contribution in [0.1, 0.15) is 45.4 Å². The topological polar surface area (TPSA) is 33.1 Å². The zero-order valence-corrected chi connectivity index (χ0v) is 13.0. The number of aryl methyl sites for hydroxylation is 2. The molecule has 0 aliphatic rings. The largest absolute Gasteiger partial charge is 0.360 e. The van der Waals surface area contributed by atoms with E-state index in [1.165, 1.54) is 11.4 Å². The number of anilines is 1. The van der Waals surface area contributed by atoms with Crippen LogP contribution in [0.5, 0.6) is 0 Å². The molecule has 0 aromatic carbocycles. The second kappa shape index (κ2) is 5.74. The van der Waals surface area contributed by atoms with Crippen LogP contribution in [-0.4, -0.2) is 28.9 Å². The first kappa shape index (κ1) is 15.0. The molecular formula is C14H28N4. The molecule has 104 valence electrons. The third kappa shape index (κ3) is 3.73. The van der Waals surface area contributed by atoms with E-state index < -0.39 is 0 Å². The van der Waals surface area contributed by atoms with E-state index in [1.54, 1.807) is 0 Å². The maximum Gasteiger partial charge on any atom is 0.131 e. The van der Waals surface area contributed by atoms with E-state index in [1.807, 2.05) is 11.7 Å². The van der Waals surface area contributed by atoms with Crippen LogP contribution in [0.15, 0.2) is 0 Å². The van der Waals surface area contributed by atoms with Crippen LogP contribution in [0, 0.1) is 6.92 Å². The Hall–Kier alpha value is -1.03. The summed E-state index contributed by atoms with van der Waals surface area (Å²) < 4.78 is 1.99. The summed E-state index contributed by atoms with van der Waals surface area (Å²) in [7, 11) is 4.16. The molecule has 1 aromatic heterocycles. The third-order valence-corrected chi connectivity index (χ3v) is 3.03. The Morgan fingerprint density at radius 3 is 2.44 bits per heavy atom. The molecule has 4 heteroatoms. The Balaban J connectivity index is 2.95. The van der Waals surface area contributed by atoms with Crippen LogP contribution in [0.4, 0.5) is 5.82 Å². The van der Waals surface area contributed by atoms with E-state index in [2.05, 4.69) is 57.0 Å². The van der Waals surface area contributed by atoms with Crippen molar-refractivity contribution in [3.8, 4) is 0 Å². The molecule has 1 rings (SSSR count). The standard InChI is InChI=1S/C14H28N4/c1-8-9-17(6)13-12(10-15-14(3,4)5)11(2)16-18(13)7/h15H,8-10H2,1-7H3. The van der Waals surface area contributed by atoms with Crippen LogP contribution in [0.25, 0.3) is 0 Å². The molecule has 18 heavy (non-hydrogen) atoms. The molecule has 1 N–H and O–H groups in total. The minimum absolute atomic E-state index is 0.128. The fourth-order valence-corrected chi connectivity index (χ4v) is 2.17. The molecule has 0 unspecified atom stereocenters. The van der Waals surface area contributed by atoms with E-state index in [9.17, 15) is 0 Å². The fraction of sp³-hybridized carbons (Fsp3) is 0.786. The highest BCUT2D eigenvalue weighted by Crippen LogP contribution is 2.23. The summed E-state index contributed by atoms with van der Waals surface area (Å²) in [6, 6.07) is 0. The Bertz CT molecular complexity index is 387. The predicted molar refractivity (Wildman–Crippen MR) is 78.1 cm³/mol. The van der Waals surface area contributed by atoms with E-state index in [4.69, 9.17) is 0 Å². The van der Waals surface area contributed by atoms with Crippen molar-refractivity contribution in [3.63, 3.8) is 0 Å². The van der Waals surface area contributed by atoms with E-state index in [0.717, 1.165) is 25.2 Å². The molecule has 0 saturated carbocycles. The minimum Gasteiger partial charge on any atom is -0.360 e. The van der Waals surface area contributed by atoms with Crippen molar-refractivity contribution in [1.29, 1.82) is 0 Å². The summed E-state index contributed by atoms with van der Waals surface area (Å²) in [6.45, 7) is 12.8. The first-order valence-corrected chi connectivity index (χ1v) is 6.75.